The molecule has 0 bridgehead atoms. The van der Waals surface area contributed by atoms with Crippen molar-refractivity contribution in [2.75, 3.05) is 20.2 Å². The monoisotopic (exact) mass is 207 g/mol. The lowest BCUT2D eigenvalue weighted by Gasteiger charge is -2.10. The second kappa shape index (κ2) is 5.14. The first-order valence-corrected chi connectivity index (χ1v) is 5.34. The topological polar surface area (TPSA) is 30.5 Å². The molecule has 3 nitrogen and oxygen atoms in total. The molecule has 3 heteroatoms. The third-order valence-electron chi connectivity index (χ3n) is 2.63. The number of nitrogens with one attached hydrogen (secondary N) is 1. The molecule has 2 rings (SSSR count). The van der Waals surface area contributed by atoms with Gasteiger partial charge in [0.05, 0.1) is 19.8 Å². The fourth-order valence-corrected chi connectivity index (χ4v) is 1.75. The van der Waals surface area contributed by atoms with Gasteiger partial charge in [-0.2, -0.15) is 0 Å². The summed E-state index contributed by atoms with van der Waals surface area (Å²) in [5.74, 6) is 0.889. The lowest BCUT2D eigenvalue weighted by atomic mass is 10.2. The second-order valence-electron chi connectivity index (χ2n) is 3.78. The van der Waals surface area contributed by atoms with Crippen LogP contribution in [0.15, 0.2) is 24.3 Å². The number of ether oxygens (including phenoxy) is 2. The predicted octanol–water partition coefficient (Wildman–Crippen LogP) is 1.57. The molecular weight excluding hydrogens is 190 g/mol. The van der Waals surface area contributed by atoms with Gasteiger partial charge in [0.1, 0.15) is 5.75 Å². The average molecular weight is 207 g/mol. The van der Waals surface area contributed by atoms with E-state index in [4.69, 9.17) is 9.47 Å². The molecule has 1 saturated heterocycles. The molecule has 0 unspecified atom stereocenters. The van der Waals surface area contributed by atoms with Crippen LogP contribution < -0.4 is 10.1 Å². The van der Waals surface area contributed by atoms with Gasteiger partial charge in [0, 0.05) is 6.54 Å². The van der Waals surface area contributed by atoms with Crippen molar-refractivity contribution in [1.82, 2.24) is 5.32 Å². The standard InChI is InChI=1S/C12H17NO2/c1-14-11-4-2-3-10(7-11)9-15-12-5-6-13-8-12/h2-4,7,12-13H,5-6,8-9H2,1H3/t12-/m0/s1. The highest BCUT2D eigenvalue weighted by molar-refractivity contribution is 5.27. The fourth-order valence-electron chi connectivity index (χ4n) is 1.75. The zero-order valence-corrected chi connectivity index (χ0v) is 9.03. The van der Waals surface area contributed by atoms with Crippen molar-refractivity contribution in [2.45, 2.75) is 19.1 Å². The van der Waals surface area contributed by atoms with E-state index in [0.717, 1.165) is 25.3 Å². The summed E-state index contributed by atoms with van der Waals surface area (Å²) in [4.78, 5) is 0. The van der Waals surface area contributed by atoms with Crippen molar-refractivity contribution < 1.29 is 9.47 Å². The summed E-state index contributed by atoms with van der Waals surface area (Å²) < 4.78 is 10.9. The van der Waals surface area contributed by atoms with E-state index in [1.54, 1.807) is 7.11 Å². The van der Waals surface area contributed by atoms with E-state index in [-0.39, 0.29) is 0 Å². The van der Waals surface area contributed by atoms with Crippen LogP contribution in [0, 0.1) is 0 Å². The van der Waals surface area contributed by atoms with Crippen molar-refractivity contribution in [3.05, 3.63) is 29.8 Å². The van der Waals surface area contributed by atoms with Crippen LogP contribution in [0.5, 0.6) is 5.75 Å². The molecule has 0 radical (unpaired) electrons. The third-order valence-corrected chi connectivity index (χ3v) is 2.63. The lowest BCUT2D eigenvalue weighted by Crippen LogP contribution is -2.16. The van der Waals surface area contributed by atoms with E-state index in [0.29, 0.717) is 12.7 Å². The van der Waals surface area contributed by atoms with Gasteiger partial charge in [-0.05, 0) is 30.7 Å². The Labute approximate surface area is 90.4 Å². The summed E-state index contributed by atoms with van der Waals surface area (Å²) in [6.45, 7) is 2.72. The summed E-state index contributed by atoms with van der Waals surface area (Å²) in [6, 6.07) is 8.01. The average Bonchev–Trinajstić information content (AvgIpc) is 2.79. The lowest BCUT2D eigenvalue weighted by molar-refractivity contribution is 0.0541. The minimum absolute atomic E-state index is 0.371. The Balaban J connectivity index is 1.86. The van der Waals surface area contributed by atoms with Crippen LogP contribution in [-0.4, -0.2) is 26.3 Å². The van der Waals surface area contributed by atoms with Crippen molar-refractivity contribution in [3.63, 3.8) is 0 Å². The summed E-state index contributed by atoms with van der Waals surface area (Å²) in [5.41, 5.74) is 1.17. The molecular formula is C12H17NO2. The van der Waals surface area contributed by atoms with E-state index < -0.39 is 0 Å². The second-order valence-corrected chi connectivity index (χ2v) is 3.78. The van der Waals surface area contributed by atoms with Crippen LogP contribution in [-0.2, 0) is 11.3 Å². The van der Waals surface area contributed by atoms with Crippen LogP contribution in [0.1, 0.15) is 12.0 Å². The molecule has 1 aromatic rings. The van der Waals surface area contributed by atoms with Crippen LogP contribution in [0.3, 0.4) is 0 Å². The highest BCUT2D eigenvalue weighted by Crippen LogP contribution is 2.14. The van der Waals surface area contributed by atoms with Gasteiger partial charge in [0.2, 0.25) is 0 Å². The third kappa shape index (κ3) is 2.94. The molecule has 1 aromatic carbocycles. The van der Waals surface area contributed by atoms with E-state index in [9.17, 15) is 0 Å². The molecule has 0 amide bonds. The maximum atomic E-state index is 5.77. The van der Waals surface area contributed by atoms with Gasteiger partial charge in [-0.15, -0.1) is 0 Å². The Kier molecular flexibility index (Phi) is 3.59. The molecule has 1 aliphatic heterocycles. The Morgan fingerprint density at radius 2 is 2.40 bits per heavy atom. The number of methoxy groups -OCH3 is 1. The van der Waals surface area contributed by atoms with E-state index in [1.807, 2.05) is 18.2 Å². The van der Waals surface area contributed by atoms with Gasteiger partial charge in [0.15, 0.2) is 0 Å². The van der Waals surface area contributed by atoms with Crippen molar-refractivity contribution in [3.8, 4) is 5.75 Å². The SMILES string of the molecule is COc1cccc(CO[C@H]2CCNC2)c1. The van der Waals surface area contributed by atoms with Crippen molar-refractivity contribution in [1.29, 1.82) is 0 Å². The largest absolute Gasteiger partial charge is 0.497 e. The molecule has 1 aliphatic rings. The molecule has 1 heterocycles. The predicted molar refractivity (Wildman–Crippen MR) is 59.1 cm³/mol. The van der Waals surface area contributed by atoms with Gasteiger partial charge in [0.25, 0.3) is 0 Å². The normalized spacial score (nSPS) is 20.5. The Hall–Kier alpha value is -1.06. The van der Waals surface area contributed by atoms with Crippen LogP contribution in [0.25, 0.3) is 0 Å². The van der Waals surface area contributed by atoms with E-state index >= 15 is 0 Å². The van der Waals surface area contributed by atoms with Gasteiger partial charge in [-0.1, -0.05) is 12.1 Å². The molecule has 0 aliphatic carbocycles. The maximum Gasteiger partial charge on any atom is 0.119 e. The highest BCUT2D eigenvalue weighted by atomic mass is 16.5. The quantitative estimate of drug-likeness (QED) is 0.813. The summed E-state index contributed by atoms with van der Waals surface area (Å²) >= 11 is 0. The highest BCUT2D eigenvalue weighted by Gasteiger charge is 2.14. The molecule has 0 saturated carbocycles. The van der Waals surface area contributed by atoms with Crippen molar-refractivity contribution in [2.24, 2.45) is 0 Å². The smallest absolute Gasteiger partial charge is 0.119 e. The van der Waals surface area contributed by atoms with E-state index in [2.05, 4.69) is 11.4 Å². The van der Waals surface area contributed by atoms with Gasteiger partial charge < -0.3 is 14.8 Å². The maximum absolute atomic E-state index is 5.77. The van der Waals surface area contributed by atoms with Gasteiger partial charge >= 0.3 is 0 Å². The van der Waals surface area contributed by atoms with Gasteiger partial charge in [-0.25, -0.2) is 0 Å². The number of benzene rings is 1. The molecule has 1 N–H and O–H groups in total. The molecule has 15 heavy (non-hydrogen) atoms. The molecule has 0 spiro atoms. The van der Waals surface area contributed by atoms with Crippen molar-refractivity contribution >= 4 is 0 Å². The minimum atomic E-state index is 0.371. The number of rotatable bonds is 4. The zero-order valence-electron chi connectivity index (χ0n) is 9.03. The first-order valence-electron chi connectivity index (χ1n) is 5.34. The molecule has 82 valence electrons. The zero-order chi connectivity index (χ0) is 10.5. The first-order chi connectivity index (χ1) is 7.38. The molecule has 0 aromatic heterocycles. The summed E-state index contributed by atoms with van der Waals surface area (Å²) in [6.07, 6.45) is 1.49. The van der Waals surface area contributed by atoms with Gasteiger partial charge in [-0.3, -0.25) is 0 Å². The number of hydrogen-bond donors (Lipinski definition) is 1. The Morgan fingerprint density at radius 3 is 3.13 bits per heavy atom. The Bertz CT molecular complexity index is 308. The molecule has 1 fully saturated rings. The number of hydrogen-bond acceptors (Lipinski definition) is 3. The van der Waals surface area contributed by atoms with Crippen LogP contribution in [0.4, 0.5) is 0 Å². The first kappa shape index (κ1) is 10.5. The summed E-state index contributed by atoms with van der Waals surface area (Å²) in [7, 11) is 1.68. The summed E-state index contributed by atoms with van der Waals surface area (Å²) in [5, 5.41) is 3.28. The Morgan fingerprint density at radius 1 is 1.47 bits per heavy atom. The van der Waals surface area contributed by atoms with Crippen LogP contribution >= 0.6 is 0 Å². The molecule has 1 atom stereocenters. The van der Waals surface area contributed by atoms with E-state index in [1.165, 1.54) is 5.56 Å². The fraction of sp³-hybridized carbons (Fsp3) is 0.500. The van der Waals surface area contributed by atoms with Crippen LogP contribution in [0.2, 0.25) is 0 Å². The minimum Gasteiger partial charge on any atom is -0.497 e.